The molecule has 0 unspecified atom stereocenters. The molecule has 13 heteroatoms. The molecule has 0 fully saturated rings. The van der Waals surface area contributed by atoms with Gasteiger partial charge in [0.25, 0.3) is 5.70 Å². The number of hydrogen-bond donors (Lipinski definition) is 3. The van der Waals surface area contributed by atoms with Gasteiger partial charge in [0.15, 0.2) is 5.78 Å². The summed E-state index contributed by atoms with van der Waals surface area (Å²) in [5.41, 5.74) is 9.56. The summed E-state index contributed by atoms with van der Waals surface area (Å²) in [5, 5.41) is 29.1. The van der Waals surface area contributed by atoms with Crippen LogP contribution in [0.2, 0.25) is 5.15 Å². The van der Waals surface area contributed by atoms with Crippen molar-refractivity contribution < 1.29 is 19.5 Å². The highest BCUT2D eigenvalue weighted by molar-refractivity contribution is 7.16. The van der Waals surface area contributed by atoms with Crippen molar-refractivity contribution >= 4 is 74.4 Å². The number of Topliss-reactive ketones (excluding diaryl/α,β-unsaturated/α-hetero) is 1. The van der Waals surface area contributed by atoms with Crippen LogP contribution in [0.3, 0.4) is 0 Å². The Balaban J connectivity index is 0.000000392. The Bertz CT molecular complexity index is 2000. The first-order chi connectivity index (χ1) is 21.5. The van der Waals surface area contributed by atoms with Crippen LogP contribution < -0.4 is 11.1 Å². The number of carbonyl (C=O) groups excluding carboxylic acids is 2. The Kier molecular flexibility index (Phi) is 9.96. The number of halogens is 1. The number of nitrogens with two attached hydrogens (primary N) is 1. The van der Waals surface area contributed by atoms with Crippen LogP contribution in [0.25, 0.3) is 16.5 Å². The quantitative estimate of drug-likeness (QED) is 0.0656. The summed E-state index contributed by atoms with van der Waals surface area (Å²) < 4.78 is 0. The Morgan fingerprint density at radius 3 is 2.44 bits per heavy atom. The molecule has 4 aromatic rings. The second-order valence-electron chi connectivity index (χ2n) is 9.36. The minimum absolute atomic E-state index is 0.0836. The molecule has 5 rings (SSSR count). The number of carbonyl (C=O) groups is 3. The number of ketones is 1. The number of aromatic nitrogens is 1. The number of carboxylic acid groups (broad SMARTS) is 1. The lowest BCUT2D eigenvalue weighted by Crippen LogP contribution is -2.06. The van der Waals surface area contributed by atoms with E-state index in [1.807, 2.05) is 13.0 Å². The van der Waals surface area contributed by atoms with Gasteiger partial charge in [-0.15, -0.1) is 10.2 Å². The van der Waals surface area contributed by atoms with E-state index in [2.05, 4.69) is 25.4 Å². The Hall–Kier alpha value is -5.95. The normalized spacial score (nSPS) is 13.8. The Morgan fingerprint density at radius 1 is 1.13 bits per heavy atom. The Morgan fingerprint density at radius 2 is 1.82 bits per heavy atom. The maximum atomic E-state index is 13.1. The number of amides is 1. The fourth-order valence-electron chi connectivity index (χ4n) is 4.12. The summed E-state index contributed by atoms with van der Waals surface area (Å²) in [5.74, 6) is -1.48. The van der Waals surface area contributed by atoms with Crippen molar-refractivity contribution in [3.8, 4) is 6.07 Å². The number of nitrogens with zero attached hydrogens (tertiary/aromatic N) is 5. The zero-order valence-corrected chi connectivity index (χ0v) is 25.3. The number of nitriles is 1. The van der Waals surface area contributed by atoms with E-state index in [-0.39, 0.29) is 38.8 Å². The van der Waals surface area contributed by atoms with Crippen molar-refractivity contribution in [2.75, 3.05) is 11.1 Å². The van der Waals surface area contributed by atoms with Gasteiger partial charge in [-0.3, -0.25) is 9.59 Å². The molecule has 4 N–H and O–H groups in total. The summed E-state index contributed by atoms with van der Waals surface area (Å²) in [6.45, 7) is 10.7. The van der Waals surface area contributed by atoms with Crippen LogP contribution in [-0.4, -0.2) is 27.8 Å². The number of fused-ring (bicyclic) bond motifs is 1. The number of carboxylic acids is 1. The first-order valence-corrected chi connectivity index (χ1v) is 14.1. The van der Waals surface area contributed by atoms with E-state index in [4.69, 9.17) is 29.0 Å². The number of aryl methyl sites for hydroxylation is 1. The molecule has 0 atom stereocenters. The number of allylic oxidation sites excluding steroid dienone is 3. The molecule has 1 aliphatic rings. The molecule has 11 nitrogen and oxygen atoms in total. The van der Waals surface area contributed by atoms with Crippen molar-refractivity contribution in [3.63, 3.8) is 0 Å². The van der Waals surface area contributed by atoms with Crippen LogP contribution in [0.4, 0.5) is 22.2 Å². The fourth-order valence-corrected chi connectivity index (χ4v) is 5.14. The van der Waals surface area contributed by atoms with E-state index >= 15 is 0 Å². The van der Waals surface area contributed by atoms with Gasteiger partial charge in [0.05, 0.1) is 28.8 Å². The topological polar surface area (TPSA) is 175 Å². The molecule has 1 aliphatic carbocycles. The van der Waals surface area contributed by atoms with Crippen molar-refractivity contribution in [1.82, 2.24) is 4.98 Å². The molecule has 0 radical (unpaired) electrons. The third kappa shape index (κ3) is 7.53. The molecule has 0 saturated carbocycles. The fraction of sp³-hybridized carbons (Fsp3) is 0.0625. The standard InChI is InChI=1S/C24H14ClN7O2S.C8H8O2/c1-12(33)29-18-9-13(27)7-8-17(18)31-32-24-30-23(25)20(35-24)10-16-21(19(11-26)28-2)14-5-3-4-6-15(14)22(16)34;1-6-2-4-7(5-3-6)8(9)10/h3-10H,27H2,1H3,(H,29,33);2-5H,1H3,(H,9,10)/b16-10?,21-19+,32-31?;. The van der Waals surface area contributed by atoms with Crippen LogP contribution in [-0.2, 0) is 4.79 Å². The number of thiazole rings is 1. The van der Waals surface area contributed by atoms with Gasteiger partial charge in [-0.1, -0.05) is 64.9 Å². The van der Waals surface area contributed by atoms with Crippen molar-refractivity contribution in [2.45, 2.75) is 13.8 Å². The molecule has 1 heterocycles. The molecule has 1 aromatic heterocycles. The highest BCUT2D eigenvalue weighted by Crippen LogP contribution is 2.42. The number of hydrogen-bond acceptors (Lipinski definition) is 9. The third-order valence-corrected chi connectivity index (χ3v) is 7.44. The molecule has 0 saturated heterocycles. The molecule has 0 bridgehead atoms. The molecule has 0 aliphatic heterocycles. The van der Waals surface area contributed by atoms with E-state index in [9.17, 15) is 19.6 Å². The summed E-state index contributed by atoms with van der Waals surface area (Å²) in [7, 11) is 0. The average molecular weight is 636 g/mol. The van der Waals surface area contributed by atoms with Gasteiger partial charge in [-0.05, 0) is 48.9 Å². The number of rotatable bonds is 5. The average Bonchev–Trinajstić information content (AvgIpc) is 3.50. The van der Waals surface area contributed by atoms with Gasteiger partial charge in [-0.2, -0.15) is 0 Å². The van der Waals surface area contributed by atoms with Gasteiger partial charge >= 0.3 is 5.97 Å². The second kappa shape index (κ2) is 14.0. The minimum atomic E-state index is -0.875. The summed E-state index contributed by atoms with van der Waals surface area (Å²) in [4.78, 5) is 42.7. The van der Waals surface area contributed by atoms with E-state index in [0.717, 1.165) is 16.9 Å². The molecule has 1 amide bonds. The van der Waals surface area contributed by atoms with Crippen molar-refractivity contribution in [3.05, 3.63) is 122 Å². The summed E-state index contributed by atoms with van der Waals surface area (Å²) in [6, 6.07) is 20.2. The summed E-state index contributed by atoms with van der Waals surface area (Å²) >= 11 is 7.38. The van der Waals surface area contributed by atoms with Gasteiger partial charge in [0.2, 0.25) is 11.0 Å². The molecule has 3 aromatic carbocycles. The molecular weight excluding hydrogens is 614 g/mol. The zero-order chi connectivity index (χ0) is 32.7. The number of azo groups is 1. The van der Waals surface area contributed by atoms with E-state index in [0.29, 0.717) is 38.6 Å². The minimum Gasteiger partial charge on any atom is -0.478 e. The van der Waals surface area contributed by atoms with Crippen LogP contribution in [0.15, 0.2) is 88.2 Å². The van der Waals surface area contributed by atoms with Gasteiger partial charge in [0.1, 0.15) is 10.8 Å². The monoisotopic (exact) mass is 635 g/mol. The first kappa shape index (κ1) is 32.0. The Labute approximate surface area is 266 Å². The van der Waals surface area contributed by atoms with E-state index < -0.39 is 5.97 Å². The smallest absolute Gasteiger partial charge is 0.335 e. The van der Waals surface area contributed by atoms with Crippen LogP contribution >= 0.6 is 22.9 Å². The molecule has 0 spiro atoms. The molecule has 45 heavy (non-hydrogen) atoms. The maximum Gasteiger partial charge on any atom is 0.335 e. The largest absolute Gasteiger partial charge is 0.478 e. The predicted molar refractivity (Wildman–Crippen MR) is 172 cm³/mol. The van der Waals surface area contributed by atoms with Crippen LogP contribution in [0, 0.1) is 24.8 Å². The lowest BCUT2D eigenvalue weighted by Gasteiger charge is -2.05. The van der Waals surface area contributed by atoms with Crippen LogP contribution in [0.1, 0.15) is 43.6 Å². The lowest BCUT2D eigenvalue weighted by atomic mass is 10.0. The van der Waals surface area contributed by atoms with Crippen molar-refractivity contribution in [1.29, 1.82) is 5.26 Å². The molecular formula is C32H22ClN7O4S. The first-order valence-electron chi connectivity index (χ1n) is 13.0. The van der Waals surface area contributed by atoms with Gasteiger partial charge in [-0.25, -0.2) is 19.9 Å². The van der Waals surface area contributed by atoms with Crippen molar-refractivity contribution in [2.24, 2.45) is 10.2 Å². The van der Waals surface area contributed by atoms with E-state index in [1.54, 1.807) is 66.7 Å². The molecule has 222 valence electrons. The SMILES string of the molecule is Cc1ccc(C(=O)O)cc1.[C-]#[N+]/C(C#N)=C1/C(=Cc2sc(N=Nc3ccc(N)cc3NC(C)=O)nc2Cl)C(=O)c2ccccc21. The van der Waals surface area contributed by atoms with E-state index in [1.165, 1.54) is 13.0 Å². The maximum absolute atomic E-state index is 13.1. The lowest BCUT2D eigenvalue weighted by molar-refractivity contribution is -0.114. The van der Waals surface area contributed by atoms with Gasteiger partial charge < -0.3 is 16.2 Å². The number of nitrogens with one attached hydrogen (secondary N) is 1. The third-order valence-electron chi connectivity index (χ3n) is 6.16. The van der Waals surface area contributed by atoms with Crippen LogP contribution in [0.5, 0.6) is 0 Å². The number of anilines is 2. The number of benzene rings is 3. The number of aromatic carboxylic acids is 1. The predicted octanol–water partition coefficient (Wildman–Crippen LogP) is 7.88. The highest BCUT2D eigenvalue weighted by Gasteiger charge is 2.32. The second-order valence-corrected chi connectivity index (χ2v) is 10.7. The van der Waals surface area contributed by atoms with Gasteiger partial charge in [0, 0.05) is 29.3 Å². The number of nitrogen functional groups attached to an aromatic ring is 1. The summed E-state index contributed by atoms with van der Waals surface area (Å²) in [6.07, 6.45) is 1.51. The zero-order valence-electron chi connectivity index (χ0n) is 23.7. The highest BCUT2D eigenvalue weighted by atomic mass is 35.5.